The van der Waals surface area contributed by atoms with Gasteiger partial charge in [0.05, 0.1) is 11.0 Å². The third-order valence-corrected chi connectivity index (χ3v) is 3.68. The minimum absolute atomic E-state index is 0.0176. The van der Waals surface area contributed by atoms with Crippen molar-refractivity contribution in [1.29, 1.82) is 10.5 Å². The van der Waals surface area contributed by atoms with Gasteiger partial charge in [0.25, 0.3) is 0 Å². The molecule has 0 bridgehead atoms. The van der Waals surface area contributed by atoms with Gasteiger partial charge in [0.2, 0.25) is 0 Å². The van der Waals surface area contributed by atoms with Crippen molar-refractivity contribution in [2.24, 2.45) is 4.99 Å². The summed E-state index contributed by atoms with van der Waals surface area (Å²) in [6.07, 6.45) is 7.03. The van der Waals surface area contributed by atoms with E-state index >= 15 is 0 Å². The van der Waals surface area contributed by atoms with Gasteiger partial charge in [-0.15, -0.1) is 0 Å². The fraction of sp³-hybridized carbons (Fsp3) is 0.111. The average molecular weight is 312 g/mol. The van der Waals surface area contributed by atoms with Gasteiger partial charge in [0.15, 0.2) is 11.4 Å². The van der Waals surface area contributed by atoms with Crippen molar-refractivity contribution < 1.29 is 0 Å². The number of benzene rings is 1. The van der Waals surface area contributed by atoms with Crippen LogP contribution in [0.5, 0.6) is 0 Å². The maximum absolute atomic E-state index is 9.24. The average Bonchev–Trinajstić information content (AvgIpc) is 2.63. The maximum atomic E-state index is 9.24. The first-order valence-corrected chi connectivity index (χ1v) is 7.19. The summed E-state index contributed by atoms with van der Waals surface area (Å²) in [7, 11) is 1.68. The molecule has 6 nitrogen and oxygen atoms in total. The van der Waals surface area contributed by atoms with E-state index in [1.807, 2.05) is 37.3 Å². The molecule has 6 heteroatoms. The number of rotatable bonds is 2. The van der Waals surface area contributed by atoms with E-state index in [2.05, 4.69) is 19.9 Å². The summed E-state index contributed by atoms with van der Waals surface area (Å²) in [4.78, 5) is 17.1. The van der Waals surface area contributed by atoms with Crippen molar-refractivity contribution >= 4 is 34.2 Å². The van der Waals surface area contributed by atoms with Gasteiger partial charge in [-0.1, -0.05) is 6.08 Å². The maximum Gasteiger partial charge on any atom is 0.177 e. The predicted molar refractivity (Wildman–Crippen MR) is 92.5 cm³/mol. The highest BCUT2D eigenvalue weighted by Crippen LogP contribution is 2.30. The van der Waals surface area contributed by atoms with E-state index in [1.54, 1.807) is 25.5 Å². The Bertz CT molecular complexity index is 1100. The first-order chi connectivity index (χ1) is 11.7. The number of fused-ring (bicyclic) bond motifs is 3. The number of allylic oxidation sites excluding steroid dienone is 1. The molecule has 0 saturated carbocycles. The van der Waals surface area contributed by atoms with Gasteiger partial charge in [-0.3, -0.25) is 9.98 Å². The second kappa shape index (κ2) is 6.23. The van der Waals surface area contributed by atoms with Crippen LogP contribution in [0, 0.1) is 29.6 Å². The lowest BCUT2D eigenvalue weighted by atomic mass is 10.0. The van der Waals surface area contributed by atoms with Crippen LogP contribution in [-0.4, -0.2) is 28.2 Å². The third kappa shape index (κ3) is 2.37. The molecule has 0 fully saturated rings. The van der Waals surface area contributed by atoms with E-state index in [1.165, 1.54) is 0 Å². The van der Waals surface area contributed by atoms with Gasteiger partial charge in [-0.05, 0) is 30.7 Å². The van der Waals surface area contributed by atoms with E-state index < -0.39 is 0 Å². The third-order valence-electron chi connectivity index (χ3n) is 3.68. The number of nitrogens with zero attached hydrogens (tertiary/aromatic N) is 6. The Hall–Kier alpha value is -3.64. The number of aryl methyl sites for hydroxylation is 1. The summed E-state index contributed by atoms with van der Waals surface area (Å²) >= 11 is 0. The summed E-state index contributed by atoms with van der Waals surface area (Å²) in [6, 6.07) is 7.57. The van der Waals surface area contributed by atoms with Crippen molar-refractivity contribution in [2.45, 2.75) is 6.92 Å². The fourth-order valence-electron chi connectivity index (χ4n) is 2.60. The summed E-state index contributed by atoms with van der Waals surface area (Å²) in [5.74, 6) is 0. The topological polar surface area (TPSA) is 98.6 Å². The zero-order chi connectivity index (χ0) is 17.1. The highest BCUT2D eigenvalue weighted by atomic mass is 14.8. The molecule has 24 heavy (non-hydrogen) atoms. The van der Waals surface area contributed by atoms with Crippen molar-refractivity contribution in [1.82, 2.24) is 15.0 Å². The van der Waals surface area contributed by atoms with Gasteiger partial charge in [-0.2, -0.15) is 10.5 Å². The molecule has 1 aromatic carbocycles. The van der Waals surface area contributed by atoms with Crippen molar-refractivity contribution in [3.8, 4) is 12.1 Å². The molecule has 3 rings (SSSR count). The van der Waals surface area contributed by atoms with Crippen LogP contribution in [0.1, 0.15) is 22.5 Å². The first kappa shape index (κ1) is 15.3. The molecule has 3 aromatic rings. The highest BCUT2D eigenvalue weighted by Gasteiger charge is 2.16. The van der Waals surface area contributed by atoms with Crippen LogP contribution in [0.25, 0.3) is 28.0 Å². The molecule has 0 aliphatic carbocycles. The van der Waals surface area contributed by atoms with Gasteiger partial charge < -0.3 is 0 Å². The Kier molecular flexibility index (Phi) is 3.96. The molecule has 0 atom stereocenters. The number of nitriles is 2. The zero-order valence-electron chi connectivity index (χ0n) is 13.1. The monoisotopic (exact) mass is 312 g/mol. The van der Waals surface area contributed by atoms with Gasteiger partial charge >= 0.3 is 0 Å². The molecule has 0 unspecified atom stereocenters. The summed E-state index contributed by atoms with van der Waals surface area (Å²) in [5.41, 5.74) is 3.71. The van der Waals surface area contributed by atoms with Gasteiger partial charge in [0.1, 0.15) is 17.7 Å². The highest BCUT2D eigenvalue weighted by molar-refractivity contribution is 6.08. The van der Waals surface area contributed by atoms with Gasteiger partial charge in [0, 0.05) is 30.4 Å². The molecule has 2 heterocycles. The second-order valence-electron chi connectivity index (χ2n) is 5.05. The number of aromatic nitrogens is 3. The van der Waals surface area contributed by atoms with Crippen LogP contribution < -0.4 is 0 Å². The Morgan fingerprint density at radius 2 is 1.79 bits per heavy atom. The van der Waals surface area contributed by atoms with Crippen LogP contribution in [0.3, 0.4) is 0 Å². The SMILES string of the molecule is CN=C/C=C\c1c(C)c2ncccc2c2nc(C#N)c(C#N)nc12. The normalized spacial score (nSPS) is 11.3. The van der Waals surface area contributed by atoms with E-state index in [4.69, 9.17) is 0 Å². The van der Waals surface area contributed by atoms with Crippen molar-refractivity contribution in [2.75, 3.05) is 7.05 Å². The Morgan fingerprint density at radius 1 is 1.08 bits per heavy atom. The lowest BCUT2D eigenvalue weighted by Gasteiger charge is -2.10. The molecule has 0 saturated heterocycles. The standard InChI is InChI=1S/C18H12N6/c1-11-12(5-3-7-21-2)17-18(13-6-4-8-22-16(11)13)24-15(10-20)14(9-19)23-17/h3-8H,1-2H3/b5-3-,21-7?. The van der Waals surface area contributed by atoms with Crippen LogP contribution >= 0.6 is 0 Å². The van der Waals surface area contributed by atoms with Gasteiger partial charge in [-0.25, -0.2) is 9.97 Å². The molecule has 0 amide bonds. The molecule has 0 N–H and O–H groups in total. The molecule has 0 radical (unpaired) electrons. The zero-order valence-corrected chi connectivity index (χ0v) is 13.1. The molecule has 2 aromatic heterocycles. The minimum Gasteiger partial charge on any atom is -0.297 e. The number of aliphatic imine (C=N–C) groups is 1. The fourth-order valence-corrected chi connectivity index (χ4v) is 2.60. The Balaban J connectivity index is 2.54. The first-order valence-electron chi connectivity index (χ1n) is 7.19. The Labute approximate surface area is 138 Å². The van der Waals surface area contributed by atoms with E-state index in [0.29, 0.717) is 11.0 Å². The summed E-state index contributed by atoms with van der Waals surface area (Å²) in [6.45, 7) is 1.95. The summed E-state index contributed by atoms with van der Waals surface area (Å²) in [5, 5.41) is 19.3. The molecule has 0 aliphatic heterocycles. The quantitative estimate of drug-likeness (QED) is 0.535. The van der Waals surface area contributed by atoms with E-state index in [-0.39, 0.29) is 11.4 Å². The number of hydrogen-bond donors (Lipinski definition) is 0. The van der Waals surface area contributed by atoms with Crippen LogP contribution in [0.2, 0.25) is 0 Å². The van der Waals surface area contributed by atoms with Crippen LogP contribution in [-0.2, 0) is 0 Å². The molecule has 0 spiro atoms. The predicted octanol–water partition coefficient (Wildman–Crippen LogP) is 2.94. The van der Waals surface area contributed by atoms with Crippen molar-refractivity contribution in [3.63, 3.8) is 0 Å². The van der Waals surface area contributed by atoms with Crippen LogP contribution in [0.15, 0.2) is 29.4 Å². The lowest BCUT2D eigenvalue weighted by molar-refractivity contribution is 1.19. The molecule has 114 valence electrons. The second-order valence-corrected chi connectivity index (χ2v) is 5.05. The van der Waals surface area contributed by atoms with E-state index in [0.717, 1.165) is 22.0 Å². The lowest BCUT2D eigenvalue weighted by Crippen LogP contribution is -2.00. The Morgan fingerprint density at radius 3 is 2.46 bits per heavy atom. The minimum atomic E-state index is 0.0176. The number of hydrogen-bond acceptors (Lipinski definition) is 6. The van der Waals surface area contributed by atoms with E-state index in [9.17, 15) is 10.5 Å². The molecular weight excluding hydrogens is 300 g/mol. The largest absolute Gasteiger partial charge is 0.297 e. The number of pyridine rings is 1. The summed E-state index contributed by atoms with van der Waals surface area (Å²) < 4.78 is 0. The smallest absolute Gasteiger partial charge is 0.177 e. The van der Waals surface area contributed by atoms with Crippen LogP contribution in [0.4, 0.5) is 0 Å². The molecule has 0 aliphatic rings. The van der Waals surface area contributed by atoms with Crippen molar-refractivity contribution in [3.05, 3.63) is 46.9 Å². The molecular formula is C18H12N6.